The van der Waals surface area contributed by atoms with Gasteiger partial charge in [0.15, 0.2) is 4.69 Å². The van der Waals surface area contributed by atoms with Crippen molar-refractivity contribution in [1.82, 2.24) is 0 Å². The average Bonchev–Trinajstić information content (AvgIpc) is 1.25. The maximum absolute atomic E-state index is 9.67. The highest BCUT2D eigenvalue weighted by Crippen LogP contribution is 1.87. The first-order valence-corrected chi connectivity index (χ1v) is 2.34. The van der Waals surface area contributed by atoms with Gasteiger partial charge in [0.25, 0.3) is 0 Å². The smallest absolute Gasteiger partial charge is 0.287 e. The van der Waals surface area contributed by atoms with Crippen LogP contribution in [0.15, 0.2) is 0 Å². The van der Waals surface area contributed by atoms with E-state index in [-0.39, 0.29) is 4.69 Å². The highest BCUT2D eigenvalue weighted by Gasteiger charge is 1.86. The molecule has 0 fully saturated rings. The summed E-state index contributed by atoms with van der Waals surface area (Å²) >= 11 is 2.63. The molecule has 0 aromatic carbocycles. The normalized spacial score (nSPS) is 7.75. The minimum absolute atomic E-state index is 0.0208. The fourth-order valence-corrected chi connectivity index (χ4v) is 0. The molecule has 0 saturated carbocycles. The Kier molecular flexibility index (Phi) is 9.40. The highest BCUT2D eigenvalue weighted by atomic mass is 79.9. The molecular formula is C3H4BrF3O. The van der Waals surface area contributed by atoms with Crippen LogP contribution in [0.3, 0.4) is 0 Å². The maximum Gasteiger partial charge on any atom is 0.379 e. The van der Waals surface area contributed by atoms with Gasteiger partial charge in [-0.1, -0.05) is 0 Å². The van der Waals surface area contributed by atoms with E-state index in [2.05, 4.69) is 15.9 Å². The lowest BCUT2D eigenvalue weighted by molar-refractivity contribution is -0.108. The summed E-state index contributed by atoms with van der Waals surface area (Å²) in [5, 5.41) is 0. The van der Waals surface area contributed by atoms with Crippen molar-refractivity contribution in [3.8, 4) is 0 Å². The van der Waals surface area contributed by atoms with Crippen LogP contribution in [0, 0.1) is 0 Å². The van der Waals surface area contributed by atoms with E-state index in [9.17, 15) is 18.0 Å². The van der Waals surface area contributed by atoms with Crippen LogP contribution in [-0.4, -0.2) is 11.4 Å². The van der Waals surface area contributed by atoms with Crippen molar-refractivity contribution >= 4 is 20.6 Å². The zero-order valence-corrected chi connectivity index (χ0v) is 5.58. The minimum atomic E-state index is -3.67. The summed E-state index contributed by atoms with van der Waals surface area (Å²) in [6.45, 7) is -2.22. The second-order valence-corrected chi connectivity index (χ2v) is 1.83. The number of carbonyl (C=O) groups excluding carboxylic acids is 1. The molecule has 0 heterocycles. The van der Waals surface area contributed by atoms with Crippen LogP contribution in [0.4, 0.5) is 13.2 Å². The lowest BCUT2D eigenvalue weighted by Crippen LogP contribution is -1.65. The third-order valence-electron chi connectivity index (χ3n) is 0. The monoisotopic (exact) mass is 192 g/mol. The Labute approximate surface area is 53.0 Å². The van der Waals surface area contributed by atoms with Crippen molar-refractivity contribution in [1.29, 1.82) is 0 Å². The molecule has 8 heavy (non-hydrogen) atoms. The number of alkyl halides is 3. The molecule has 0 rings (SSSR count). The molecule has 0 aliphatic carbocycles. The van der Waals surface area contributed by atoms with Gasteiger partial charge in [0.2, 0.25) is 0 Å². The topological polar surface area (TPSA) is 17.1 Å². The van der Waals surface area contributed by atoms with Crippen molar-refractivity contribution in [3.05, 3.63) is 0 Å². The van der Waals surface area contributed by atoms with Gasteiger partial charge in [0.05, 0.1) is 0 Å². The van der Waals surface area contributed by atoms with E-state index in [1.807, 2.05) is 0 Å². The molecule has 0 radical (unpaired) electrons. The number of carbonyl (C=O) groups is 1. The summed E-state index contributed by atoms with van der Waals surface area (Å²) in [4.78, 5) is 9.36. The second-order valence-electron chi connectivity index (χ2n) is 0.718. The lowest BCUT2D eigenvalue weighted by atomic mass is 11.0. The Balaban J connectivity index is 0. The number of hydrogen-bond acceptors (Lipinski definition) is 1. The van der Waals surface area contributed by atoms with E-state index < -0.39 is 6.68 Å². The molecule has 0 aliphatic heterocycles. The lowest BCUT2D eigenvalue weighted by Gasteiger charge is -1.65. The zero-order chi connectivity index (χ0) is 7.15. The molecule has 0 aromatic rings. The highest BCUT2D eigenvalue weighted by molar-refractivity contribution is 9.18. The van der Waals surface area contributed by atoms with Gasteiger partial charge >= 0.3 is 6.68 Å². The molecule has 1 nitrogen and oxygen atoms in total. The van der Waals surface area contributed by atoms with Crippen molar-refractivity contribution < 1.29 is 18.0 Å². The van der Waals surface area contributed by atoms with Gasteiger partial charge in [-0.05, 0) is 15.9 Å². The predicted octanol–water partition coefficient (Wildman–Crippen LogP) is 2.11. The molecule has 0 spiro atoms. The van der Waals surface area contributed by atoms with Crippen molar-refractivity contribution in [2.24, 2.45) is 0 Å². The van der Waals surface area contributed by atoms with Gasteiger partial charge in [-0.2, -0.15) is 13.2 Å². The van der Waals surface area contributed by atoms with Crippen LogP contribution in [0.2, 0.25) is 0 Å². The van der Waals surface area contributed by atoms with Crippen LogP contribution in [0.5, 0.6) is 0 Å². The van der Waals surface area contributed by atoms with E-state index in [0.29, 0.717) is 0 Å². The van der Waals surface area contributed by atoms with Gasteiger partial charge < -0.3 is 0 Å². The molecule has 50 valence electrons. The standard InChI is InChI=1S/C2H3BrO.CHF3/c1-2(3)4;2-1(3)4/h1H3;1H. The number of halogens is 4. The first kappa shape index (κ1) is 10.8. The zero-order valence-electron chi connectivity index (χ0n) is 4.00. The Morgan fingerprint density at radius 3 is 1.50 bits per heavy atom. The Bertz CT molecular complexity index is 58.8. The van der Waals surface area contributed by atoms with E-state index >= 15 is 0 Å². The maximum atomic E-state index is 9.67. The van der Waals surface area contributed by atoms with Crippen LogP contribution in [0.1, 0.15) is 6.92 Å². The first-order valence-electron chi connectivity index (χ1n) is 1.55. The summed E-state index contributed by atoms with van der Waals surface area (Å²) in [7, 11) is 0. The van der Waals surface area contributed by atoms with Gasteiger partial charge in [-0.3, -0.25) is 4.79 Å². The molecule has 5 heteroatoms. The van der Waals surface area contributed by atoms with Gasteiger partial charge in [0, 0.05) is 6.92 Å². The fourth-order valence-electron chi connectivity index (χ4n) is 0. The largest absolute Gasteiger partial charge is 0.379 e. The quantitative estimate of drug-likeness (QED) is 0.538. The third kappa shape index (κ3) is 40300. The van der Waals surface area contributed by atoms with Crippen LogP contribution >= 0.6 is 15.9 Å². The summed E-state index contributed by atoms with van der Waals surface area (Å²) in [5.41, 5.74) is 0. The average molecular weight is 193 g/mol. The second kappa shape index (κ2) is 6.94. The van der Waals surface area contributed by atoms with E-state index in [1.54, 1.807) is 0 Å². The SMILES string of the molecule is CC(=O)Br.FC(F)F. The molecule has 0 atom stereocenters. The summed E-state index contributed by atoms with van der Waals surface area (Å²) in [6, 6.07) is 0. The van der Waals surface area contributed by atoms with Crippen molar-refractivity contribution in [3.63, 3.8) is 0 Å². The Morgan fingerprint density at radius 1 is 1.50 bits per heavy atom. The Morgan fingerprint density at radius 2 is 1.50 bits per heavy atom. The molecule has 0 N–H and O–H groups in total. The number of rotatable bonds is 0. The molecule has 0 unspecified atom stereocenters. The summed E-state index contributed by atoms with van der Waals surface area (Å²) in [6.07, 6.45) is 0. The minimum Gasteiger partial charge on any atom is -0.287 e. The predicted molar refractivity (Wildman–Crippen MR) is 26.7 cm³/mol. The molecule has 0 aliphatic rings. The molecule has 0 bridgehead atoms. The van der Waals surface area contributed by atoms with Crippen LogP contribution in [0.25, 0.3) is 0 Å². The molecular weight excluding hydrogens is 189 g/mol. The van der Waals surface area contributed by atoms with E-state index in [4.69, 9.17) is 0 Å². The Hall–Kier alpha value is -0.0600. The van der Waals surface area contributed by atoms with E-state index in [0.717, 1.165) is 0 Å². The molecule has 0 saturated heterocycles. The van der Waals surface area contributed by atoms with Crippen molar-refractivity contribution in [2.45, 2.75) is 13.6 Å². The van der Waals surface area contributed by atoms with Crippen LogP contribution < -0.4 is 0 Å². The molecule has 0 aromatic heterocycles. The summed E-state index contributed by atoms with van der Waals surface area (Å²) in [5.74, 6) is 0. The van der Waals surface area contributed by atoms with Gasteiger partial charge in [-0.25, -0.2) is 0 Å². The number of hydrogen-bond donors (Lipinski definition) is 0. The van der Waals surface area contributed by atoms with Crippen molar-refractivity contribution in [2.75, 3.05) is 0 Å². The van der Waals surface area contributed by atoms with Gasteiger partial charge in [0.1, 0.15) is 0 Å². The van der Waals surface area contributed by atoms with E-state index in [1.165, 1.54) is 6.92 Å². The third-order valence-corrected chi connectivity index (χ3v) is 0. The fraction of sp³-hybridized carbons (Fsp3) is 0.667. The molecule has 0 amide bonds. The van der Waals surface area contributed by atoms with Gasteiger partial charge in [-0.15, -0.1) is 0 Å². The summed E-state index contributed by atoms with van der Waals surface area (Å²) < 4.78 is 29.0. The first-order chi connectivity index (χ1) is 3.46. The van der Waals surface area contributed by atoms with Crippen LogP contribution in [-0.2, 0) is 4.79 Å².